The van der Waals surface area contributed by atoms with Crippen LogP contribution in [0, 0.1) is 0 Å². The Hall–Kier alpha value is -4.32. The number of ketones is 2. The molecule has 0 amide bonds. The van der Waals surface area contributed by atoms with Crippen LogP contribution in [0.5, 0.6) is 0 Å². The number of imidazole rings is 1. The van der Waals surface area contributed by atoms with Crippen molar-refractivity contribution < 1.29 is 14.0 Å². The van der Waals surface area contributed by atoms with Gasteiger partial charge in [-0.1, -0.05) is 54.6 Å². The van der Waals surface area contributed by atoms with Crippen LogP contribution in [0.25, 0.3) is 39.6 Å². The quantitative estimate of drug-likeness (QED) is 0.310. The van der Waals surface area contributed by atoms with Crippen LogP contribution in [0.3, 0.4) is 0 Å². The number of nitrogens with zero attached hydrogens (tertiary/aromatic N) is 3. The van der Waals surface area contributed by atoms with Crippen molar-refractivity contribution >= 4 is 39.8 Å². The number of oxazole rings is 1. The molecule has 5 aromatic rings. The normalized spacial score (nSPS) is 13.4. The van der Waals surface area contributed by atoms with Crippen LogP contribution in [0.4, 0.5) is 0 Å². The first-order chi connectivity index (χ1) is 15.1. The van der Waals surface area contributed by atoms with Crippen molar-refractivity contribution in [2.75, 3.05) is 0 Å². The minimum atomic E-state index is -0.314. The lowest BCUT2D eigenvalue weighted by Crippen LogP contribution is -2.00. The molecule has 31 heavy (non-hydrogen) atoms. The van der Waals surface area contributed by atoms with E-state index in [0.29, 0.717) is 22.5 Å². The molecule has 1 aliphatic rings. The van der Waals surface area contributed by atoms with E-state index >= 15 is 0 Å². The molecule has 2 aromatic heterocycles. The van der Waals surface area contributed by atoms with Crippen molar-refractivity contribution in [1.29, 1.82) is 0 Å². The topological polar surface area (TPSA) is 78.0 Å². The van der Waals surface area contributed by atoms with Crippen molar-refractivity contribution in [3.63, 3.8) is 0 Å². The molecule has 0 bridgehead atoms. The number of allylic oxidation sites excluding steroid dienone is 1. The standard InChI is InChI=1S/C25H15N3O3/c1-28-23(14-7-3-2-4-8-14)27-25-24(28)26-20(31-25)13-19-21(29)17-11-15-9-5-6-10-16(15)12-18(17)22(19)30/h2-13H,1H3. The molecule has 0 atom stereocenters. The summed E-state index contributed by atoms with van der Waals surface area (Å²) < 4.78 is 7.59. The first kappa shape index (κ1) is 17.5. The number of rotatable bonds is 2. The molecule has 0 radical (unpaired) electrons. The summed E-state index contributed by atoms with van der Waals surface area (Å²) >= 11 is 0. The number of carbonyl (C=O) groups excluding carboxylic acids is 2. The number of hydrogen-bond donors (Lipinski definition) is 0. The fourth-order valence-corrected chi connectivity index (χ4v) is 4.05. The fraction of sp³-hybridized carbons (Fsp3) is 0.0400. The number of benzene rings is 3. The molecule has 6 rings (SSSR count). The molecular weight excluding hydrogens is 390 g/mol. The molecule has 2 heterocycles. The lowest BCUT2D eigenvalue weighted by molar-refractivity contribution is 0.0990. The summed E-state index contributed by atoms with van der Waals surface area (Å²) in [5.41, 5.74) is 2.73. The molecule has 0 saturated heterocycles. The Balaban J connectivity index is 1.42. The molecule has 3 aromatic carbocycles. The summed E-state index contributed by atoms with van der Waals surface area (Å²) in [6.07, 6.45) is 1.42. The third kappa shape index (κ3) is 2.58. The van der Waals surface area contributed by atoms with Crippen molar-refractivity contribution in [2.24, 2.45) is 7.05 Å². The van der Waals surface area contributed by atoms with Gasteiger partial charge in [0.2, 0.25) is 11.5 Å². The number of fused-ring (bicyclic) bond motifs is 3. The zero-order chi connectivity index (χ0) is 21.1. The summed E-state index contributed by atoms with van der Waals surface area (Å²) in [6.45, 7) is 0. The van der Waals surface area contributed by atoms with Crippen LogP contribution in [0.2, 0.25) is 0 Å². The van der Waals surface area contributed by atoms with E-state index in [0.717, 1.165) is 22.2 Å². The van der Waals surface area contributed by atoms with Crippen LogP contribution in [0.15, 0.2) is 76.7 Å². The Morgan fingerprint density at radius 3 is 2.06 bits per heavy atom. The molecule has 0 N–H and O–H groups in total. The van der Waals surface area contributed by atoms with Gasteiger partial charge in [-0.2, -0.15) is 9.97 Å². The highest BCUT2D eigenvalue weighted by Crippen LogP contribution is 2.32. The fourth-order valence-electron chi connectivity index (χ4n) is 4.05. The van der Waals surface area contributed by atoms with Gasteiger partial charge in [-0.3, -0.25) is 9.59 Å². The SMILES string of the molecule is Cn1c(-c2ccccc2)nc2oc(C=C3C(=O)c4cc5ccccc5cc4C3=O)nc21. The second-order valence-electron chi connectivity index (χ2n) is 7.50. The van der Waals surface area contributed by atoms with Gasteiger partial charge in [0, 0.05) is 29.8 Å². The Labute approximate surface area is 176 Å². The molecule has 0 saturated carbocycles. The van der Waals surface area contributed by atoms with Crippen molar-refractivity contribution in [2.45, 2.75) is 0 Å². The molecule has 0 aliphatic heterocycles. The largest absolute Gasteiger partial charge is 0.417 e. The van der Waals surface area contributed by atoms with Gasteiger partial charge in [-0.15, -0.1) is 0 Å². The van der Waals surface area contributed by atoms with Gasteiger partial charge in [0.25, 0.3) is 5.71 Å². The lowest BCUT2D eigenvalue weighted by Gasteiger charge is -2.00. The summed E-state index contributed by atoms with van der Waals surface area (Å²) in [7, 11) is 1.85. The summed E-state index contributed by atoms with van der Waals surface area (Å²) in [5, 5.41) is 1.84. The van der Waals surface area contributed by atoms with Crippen molar-refractivity contribution in [3.8, 4) is 11.4 Å². The molecular formula is C25H15N3O3. The van der Waals surface area contributed by atoms with Gasteiger partial charge in [-0.25, -0.2) is 0 Å². The predicted octanol–water partition coefficient (Wildman–Crippen LogP) is 4.84. The molecule has 0 unspecified atom stereocenters. The van der Waals surface area contributed by atoms with E-state index < -0.39 is 0 Å². The molecule has 6 heteroatoms. The monoisotopic (exact) mass is 405 g/mol. The van der Waals surface area contributed by atoms with E-state index in [2.05, 4.69) is 9.97 Å². The van der Waals surface area contributed by atoms with E-state index in [9.17, 15) is 9.59 Å². The smallest absolute Gasteiger partial charge is 0.267 e. The summed E-state index contributed by atoms with van der Waals surface area (Å²) in [6, 6.07) is 20.9. The average Bonchev–Trinajstić information content (AvgIpc) is 3.41. The molecule has 6 nitrogen and oxygen atoms in total. The van der Waals surface area contributed by atoms with Crippen molar-refractivity contribution in [1.82, 2.24) is 14.5 Å². The maximum absolute atomic E-state index is 12.9. The minimum absolute atomic E-state index is 0.0557. The average molecular weight is 405 g/mol. The minimum Gasteiger partial charge on any atom is -0.417 e. The zero-order valence-corrected chi connectivity index (χ0v) is 16.5. The number of Topliss-reactive ketones (excluding diaryl/α,β-unsaturated/α-hetero) is 2. The zero-order valence-electron chi connectivity index (χ0n) is 16.5. The highest BCUT2D eigenvalue weighted by atomic mass is 16.4. The van der Waals surface area contributed by atoms with E-state index in [1.165, 1.54) is 6.08 Å². The maximum atomic E-state index is 12.9. The number of aryl methyl sites for hydroxylation is 1. The lowest BCUT2D eigenvalue weighted by atomic mass is 10.0. The Morgan fingerprint density at radius 2 is 1.45 bits per heavy atom. The van der Waals surface area contributed by atoms with Crippen LogP contribution in [0.1, 0.15) is 26.6 Å². The van der Waals surface area contributed by atoms with Gasteiger partial charge in [0.1, 0.15) is 5.82 Å². The molecule has 1 aliphatic carbocycles. The Kier molecular flexibility index (Phi) is 3.58. The van der Waals surface area contributed by atoms with E-state index in [-0.39, 0.29) is 23.0 Å². The Bertz CT molecular complexity index is 1520. The van der Waals surface area contributed by atoms with Crippen molar-refractivity contribution in [3.05, 3.63) is 89.3 Å². The van der Waals surface area contributed by atoms with Crippen LogP contribution in [-0.2, 0) is 7.05 Å². The highest BCUT2D eigenvalue weighted by Gasteiger charge is 2.34. The van der Waals surface area contributed by atoms with Gasteiger partial charge < -0.3 is 8.98 Å². The first-order valence-corrected chi connectivity index (χ1v) is 9.83. The molecule has 148 valence electrons. The van der Waals surface area contributed by atoms with Gasteiger partial charge in [0.15, 0.2) is 11.6 Å². The third-order valence-electron chi connectivity index (χ3n) is 5.62. The number of carbonyl (C=O) groups is 2. The summed E-state index contributed by atoms with van der Waals surface area (Å²) in [5.74, 6) is 0.284. The summed E-state index contributed by atoms with van der Waals surface area (Å²) in [4.78, 5) is 34.9. The third-order valence-corrected chi connectivity index (χ3v) is 5.62. The predicted molar refractivity (Wildman–Crippen MR) is 117 cm³/mol. The first-order valence-electron chi connectivity index (χ1n) is 9.83. The maximum Gasteiger partial charge on any atom is 0.267 e. The van der Waals surface area contributed by atoms with Crippen LogP contribution in [-0.4, -0.2) is 26.1 Å². The van der Waals surface area contributed by atoms with E-state index in [1.807, 2.05) is 66.2 Å². The second-order valence-corrected chi connectivity index (χ2v) is 7.50. The highest BCUT2D eigenvalue weighted by molar-refractivity contribution is 6.41. The second kappa shape index (κ2) is 6.34. The van der Waals surface area contributed by atoms with E-state index in [4.69, 9.17) is 4.42 Å². The number of hydrogen-bond acceptors (Lipinski definition) is 5. The molecule has 0 fully saturated rings. The molecule has 0 spiro atoms. The van der Waals surface area contributed by atoms with Gasteiger partial charge in [-0.05, 0) is 22.9 Å². The van der Waals surface area contributed by atoms with Gasteiger partial charge >= 0.3 is 0 Å². The van der Waals surface area contributed by atoms with Crippen LogP contribution < -0.4 is 0 Å². The Morgan fingerprint density at radius 1 is 0.839 bits per heavy atom. The number of aromatic nitrogens is 3. The van der Waals surface area contributed by atoms with Gasteiger partial charge in [0.05, 0.1) is 5.57 Å². The van der Waals surface area contributed by atoms with E-state index in [1.54, 1.807) is 12.1 Å². The van der Waals surface area contributed by atoms with Crippen LogP contribution >= 0.6 is 0 Å².